The highest BCUT2D eigenvalue weighted by atomic mass is 35.5. The molecule has 0 aliphatic heterocycles. The number of aliphatic hydroxyl groups is 1. The number of halogens is 1. The average molecular weight is 151 g/mol. The summed E-state index contributed by atoms with van der Waals surface area (Å²) in [7, 11) is 0. The van der Waals surface area contributed by atoms with Crippen LogP contribution in [-0.2, 0) is 4.79 Å². The molecule has 0 aromatic carbocycles. The van der Waals surface area contributed by atoms with Crippen molar-refractivity contribution in [2.45, 2.75) is 31.7 Å². The molecule has 0 radical (unpaired) electrons. The Balaban J connectivity index is 4.19. The minimum Gasteiger partial charge on any atom is -0.381 e. The largest absolute Gasteiger partial charge is 0.381 e. The second kappa shape index (κ2) is 2.67. The van der Waals surface area contributed by atoms with E-state index in [1.807, 2.05) is 0 Å². The maximum atomic E-state index is 10.6. The molecule has 9 heavy (non-hydrogen) atoms. The first-order valence-corrected chi connectivity index (χ1v) is 3.20. The normalized spacial score (nSPS) is 20.6. The molecular formula is C6H11ClO2. The predicted molar refractivity (Wildman–Crippen MR) is 36.6 cm³/mol. The van der Waals surface area contributed by atoms with Crippen LogP contribution < -0.4 is 0 Å². The van der Waals surface area contributed by atoms with E-state index in [0.29, 0.717) is 0 Å². The number of hydrogen-bond donors (Lipinski definition) is 1. The number of hydrogen-bond acceptors (Lipinski definition) is 2. The van der Waals surface area contributed by atoms with Gasteiger partial charge in [0.1, 0.15) is 5.60 Å². The molecule has 54 valence electrons. The van der Waals surface area contributed by atoms with Crippen molar-refractivity contribution < 1.29 is 9.90 Å². The molecular weight excluding hydrogens is 140 g/mol. The summed E-state index contributed by atoms with van der Waals surface area (Å²) in [5, 5.41) is 8.66. The molecule has 0 fully saturated rings. The number of Topliss-reactive ketones (excluding diaryl/α,β-unsaturated/α-hetero) is 1. The van der Waals surface area contributed by atoms with Crippen molar-refractivity contribution in [1.82, 2.24) is 0 Å². The Morgan fingerprint density at radius 1 is 1.78 bits per heavy atom. The van der Waals surface area contributed by atoms with Crippen molar-refractivity contribution in [1.29, 1.82) is 0 Å². The number of carbonyl (C=O) groups excluding carboxylic acids is 1. The third kappa shape index (κ3) is 1.95. The van der Waals surface area contributed by atoms with Gasteiger partial charge in [-0.25, -0.2) is 0 Å². The van der Waals surface area contributed by atoms with E-state index in [9.17, 15) is 9.90 Å². The van der Waals surface area contributed by atoms with E-state index in [0.717, 1.165) is 0 Å². The minimum absolute atomic E-state index is 0.301. The van der Waals surface area contributed by atoms with Gasteiger partial charge < -0.3 is 5.11 Å². The molecule has 0 spiro atoms. The second-order valence-electron chi connectivity index (χ2n) is 2.32. The fourth-order valence-corrected chi connectivity index (χ4v) is 0.434. The van der Waals surface area contributed by atoms with Gasteiger partial charge in [-0.3, -0.25) is 4.79 Å². The van der Waals surface area contributed by atoms with Crippen molar-refractivity contribution in [3.05, 3.63) is 0 Å². The fourth-order valence-electron chi connectivity index (χ4n) is 0.280. The van der Waals surface area contributed by atoms with Gasteiger partial charge in [-0.1, -0.05) is 0 Å². The zero-order valence-corrected chi connectivity index (χ0v) is 6.57. The molecule has 2 nitrogen and oxygen atoms in total. The van der Waals surface area contributed by atoms with E-state index in [1.165, 1.54) is 13.8 Å². The van der Waals surface area contributed by atoms with Crippen molar-refractivity contribution >= 4 is 17.4 Å². The number of alkyl halides is 1. The molecule has 0 aliphatic carbocycles. The van der Waals surface area contributed by atoms with Gasteiger partial charge in [-0.2, -0.15) is 0 Å². The van der Waals surface area contributed by atoms with Crippen molar-refractivity contribution in [2.75, 3.05) is 0 Å². The summed E-state index contributed by atoms with van der Waals surface area (Å²) in [5.74, 6) is -0.301. The number of ketones is 1. The Bertz CT molecular complexity index is 118. The van der Waals surface area contributed by atoms with Crippen LogP contribution in [0.4, 0.5) is 0 Å². The zero-order chi connectivity index (χ0) is 7.65. The predicted octanol–water partition coefficient (Wildman–Crippen LogP) is 0.954. The highest BCUT2D eigenvalue weighted by molar-refractivity contribution is 6.23. The Kier molecular flexibility index (Phi) is 2.65. The summed E-state index contributed by atoms with van der Waals surface area (Å²) in [6, 6.07) is 0. The van der Waals surface area contributed by atoms with Gasteiger partial charge in [0.2, 0.25) is 0 Å². The van der Waals surface area contributed by atoms with E-state index in [2.05, 4.69) is 0 Å². The monoisotopic (exact) mass is 150 g/mol. The van der Waals surface area contributed by atoms with E-state index in [4.69, 9.17) is 11.6 Å². The van der Waals surface area contributed by atoms with Gasteiger partial charge in [0.15, 0.2) is 5.78 Å². The summed E-state index contributed by atoms with van der Waals surface area (Å²) in [5.41, 5.74) is -1.37. The molecule has 0 heterocycles. The lowest BCUT2D eigenvalue weighted by Gasteiger charge is -2.21. The lowest BCUT2D eigenvalue weighted by molar-refractivity contribution is -0.133. The number of rotatable bonds is 2. The van der Waals surface area contributed by atoms with Crippen LogP contribution in [0.1, 0.15) is 20.8 Å². The Hall–Kier alpha value is -0.0800. The smallest absolute Gasteiger partial charge is 0.162 e. The molecule has 0 saturated heterocycles. The maximum absolute atomic E-state index is 10.6. The van der Waals surface area contributed by atoms with Gasteiger partial charge >= 0.3 is 0 Å². The lowest BCUT2D eigenvalue weighted by Crippen LogP contribution is -2.40. The van der Waals surface area contributed by atoms with Crippen LogP contribution in [0.5, 0.6) is 0 Å². The summed E-state index contributed by atoms with van der Waals surface area (Å²) >= 11 is 5.49. The third-order valence-electron chi connectivity index (χ3n) is 1.49. The Morgan fingerprint density at radius 2 is 2.11 bits per heavy atom. The molecule has 3 heteroatoms. The summed E-state index contributed by atoms with van der Waals surface area (Å²) < 4.78 is 0. The summed E-state index contributed by atoms with van der Waals surface area (Å²) in [6.45, 7) is 4.31. The quantitative estimate of drug-likeness (QED) is 0.596. The molecule has 0 saturated carbocycles. The summed E-state index contributed by atoms with van der Waals surface area (Å²) in [4.78, 5) is 10.6. The van der Waals surface area contributed by atoms with E-state index < -0.39 is 11.0 Å². The van der Waals surface area contributed by atoms with Crippen LogP contribution in [0.2, 0.25) is 0 Å². The van der Waals surface area contributed by atoms with Gasteiger partial charge in [0.05, 0.1) is 5.38 Å². The van der Waals surface area contributed by atoms with Crippen LogP contribution >= 0.6 is 11.6 Å². The first kappa shape index (κ1) is 8.92. The highest BCUT2D eigenvalue weighted by Crippen LogP contribution is 2.15. The first-order chi connectivity index (χ1) is 3.89. The molecule has 0 aliphatic rings. The van der Waals surface area contributed by atoms with E-state index >= 15 is 0 Å². The van der Waals surface area contributed by atoms with Crippen molar-refractivity contribution in [3.63, 3.8) is 0 Å². The van der Waals surface area contributed by atoms with Crippen LogP contribution in [0.15, 0.2) is 0 Å². The van der Waals surface area contributed by atoms with Gasteiger partial charge in [-0.05, 0) is 20.8 Å². The van der Waals surface area contributed by atoms with E-state index in [-0.39, 0.29) is 5.78 Å². The van der Waals surface area contributed by atoms with Crippen LogP contribution in [0.3, 0.4) is 0 Å². The van der Waals surface area contributed by atoms with Gasteiger partial charge in [0.25, 0.3) is 0 Å². The topological polar surface area (TPSA) is 37.3 Å². The van der Waals surface area contributed by atoms with Crippen molar-refractivity contribution in [2.24, 2.45) is 0 Å². The second-order valence-corrected chi connectivity index (χ2v) is 2.97. The SMILES string of the molecule is CC(=O)C(C)(O)C(C)Cl. The minimum atomic E-state index is -1.37. The molecule has 0 bridgehead atoms. The zero-order valence-electron chi connectivity index (χ0n) is 5.81. The van der Waals surface area contributed by atoms with Crippen LogP contribution in [0.25, 0.3) is 0 Å². The molecule has 2 atom stereocenters. The standard InChI is InChI=1S/C6H11ClO2/c1-4(7)6(3,9)5(2)8/h4,9H,1-3H3. The van der Waals surface area contributed by atoms with Crippen LogP contribution in [0, 0.1) is 0 Å². The first-order valence-electron chi connectivity index (χ1n) is 2.76. The molecule has 0 amide bonds. The van der Waals surface area contributed by atoms with E-state index in [1.54, 1.807) is 6.92 Å². The molecule has 0 rings (SSSR count). The van der Waals surface area contributed by atoms with Crippen LogP contribution in [-0.4, -0.2) is 21.9 Å². The third-order valence-corrected chi connectivity index (χ3v) is 1.91. The highest BCUT2D eigenvalue weighted by Gasteiger charge is 2.31. The molecule has 0 aromatic rings. The molecule has 1 N–H and O–H groups in total. The lowest BCUT2D eigenvalue weighted by atomic mass is 9.99. The van der Waals surface area contributed by atoms with Crippen molar-refractivity contribution in [3.8, 4) is 0 Å². The fraction of sp³-hybridized carbons (Fsp3) is 0.833. The maximum Gasteiger partial charge on any atom is 0.162 e. The Morgan fingerprint density at radius 3 is 2.11 bits per heavy atom. The number of carbonyl (C=O) groups is 1. The summed E-state index contributed by atoms with van der Waals surface area (Å²) in [6.07, 6.45) is 0. The van der Waals surface area contributed by atoms with Gasteiger partial charge in [-0.15, -0.1) is 11.6 Å². The Labute approximate surface area is 59.8 Å². The van der Waals surface area contributed by atoms with Gasteiger partial charge in [0, 0.05) is 0 Å². The molecule has 0 aromatic heterocycles. The average Bonchev–Trinajstić information content (AvgIpc) is 1.65. The molecule has 2 unspecified atom stereocenters.